The van der Waals surface area contributed by atoms with Gasteiger partial charge < -0.3 is 4.74 Å². The lowest BCUT2D eigenvalue weighted by molar-refractivity contribution is 0.105. The van der Waals surface area contributed by atoms with Gasteiger partial charge in [-0.15, -0.1) is 5.10 Å². The SMILES string of the molecule is c1ccc(-c2cnc3c(c2)C(NCC2CCCO2)n2nc(-c4cccnc4)nc2S3)cc1. The number of ether oxygens (including phenoxy) is 1. The molecule has 8 heteroatoms. The molecule has 0 amide bonds. The van der Waals surface area contributed by atoms with E-state index in [1.54, 1.807) is 24.2 Å². The Morgan fingerprint density at radius 2 is 1.97 bits per heavy atom. The average molecular weight is 443 g/mol. The molecule has 5 heterocycles. The van der Waals surface area contributed by atoms with Crippen LogP contribution in [0.5, 0.6) is 0 Å². The van der Waals surface area contributed by atoms with Gasteiger partial charge in [-0.05, 0) is 48.4 Å². The second-order valence-corrected chi connectivity index (χ2v) is 8.89. The number of hydrogen-bond acceptors (Lipinski definition) is 7. The van der Waals surface area contributed by atoms with E-state index in [2.05, 4.69) is 28.5 Å². The van der Waals surface area contributed by atoms with Gasteiger partial charge in [0.2, 0.25) is 0 Å². The second-order valence-electron chi connectivity index (χ2n) is 7.94. The summed E-state index contributed by atoms with van der Waals surface area (Å²) in [7, 11) is 0. The highest BCUT2D eigenvalue weighted by Gasteiger charge is 2.31. The van der Waals surface area contributed by atoms with Crippen molar-refractivity contribution < 1.29 is 4.74 Å². The number of hydrogen-bond donors (Lipinski definition) is 1. The first-order chi connectivity index (χ1) is 15.8. The summed E-state index contributed by atoms with van der Waals surface area (Å²) < 4.78 is 7.82. The molecule has 7 nitrogen and oxygen atoms in total. The molecule has 1 N–H and O–H groups in total. The molecule has 1 saturated heterocycles. The fraction of sp³-hybridized carbons (Fsp3) is 0.250. The first-order valence-corrected chi connectivity index (χ1v) is 11.6. The van der Waals surface area contributed by atoms with Gasteiger partial charge in [0.1, 0.15) is 11.2 Å². The van der Waals surface area contributed by atoms with E-state index in [4.69, 9.17) is 19.8 Å². The largest absolute Gasteiger partial charge is 0.377 e. The highest BCUT2D eigenvalue weighted by molar-refractivity contribution is 7.99. The zero-order valence-electron chi connectivity index (χ0n) is 17.4. The molecule has 2 aliphatic heterocycles. The fourth-order valence-corrected chi connectivity index (χ4v) is 5.10. The molecule has 0 saturated carbocycles. The lowest BCUT2D eigenvalue weighted by atomic mass is 10.0. The fourth-order valence-electron chi connectivity index (χ4n) is 4.17. The van der Waals surface area contributed by atoms with Crippen LogP contribution < -0.4 is 5.32 Å². The minimum absolute atomic E-state index is 0.167. The van der Waals surface area contributed by atoms with Crippen LogP contribution in [0.2, 0.25) is 0 Å². The smallest absolute Gasteiger partial charge is 0.194 e. The molecule has 2 atom stereocenters. The Bertz CT molecular complexity index is 1220. The first kappa shape index (κ1) is 19.6. The Kier molecular flexibility index (Phi) is 5.18. The van der Waals surface area contributed by atoms with Crippen LogP contribution >= 0.6 is 11.8 Å². The molecular formula is C24H22N6OS. The van der Waals surface area contributed by atoms with Crippen molar-refractivity contribution in [2.75, 3.05) is 13.2 Å². The van der Waals surface area contributed by atoms with E-state index in [1.165, 1.54) is 0 Å². The van der Waals surface area contributed by atoms with Crippen molar-refractivity contribution in [2.45, 2.75) is 35.3 Å². The van der Waals surface area contributed by atoms with Crippen LogP contribution in [0, 0.1) is 0 Å². The minimum atomic E-state index is -0.167. The molecule has 2 unspecified atom stereocenters. The number of nitrogens with zero attached hydrogens (tertiary/aromatic N) is 5. The molecule has 3 aromatic heterocycles. The molecule has 6 rings (SSSR count). The highest BCUT2D eigenvalue weighted by Crippen LogP contribution is 2.40. The summed E-state index contributed by atoms with van der Waals surface area (Å²) in [6.07, 6.45) is 7.73. The average Bonchev–Trinajstić information content (AvgIpc) is 3.53. The maximum Gasteiger partial charge on any atom is 0.194 e. The van der Waals surface area contributed by atoms with E-state index in [1.807, 2.05) is 41.2 Å². The van der Waals surface area contributed by atoms with Crippen molar-refractivity contribution in [3.05, 3.63) is 72.7 Å². The molecule has 0 bridgehead atoms. The van der Waals surface area contributed by atoms with Gasteiger partial charge in [-0.3, -0.25) is 10.3 Å². The molecule has 160 valence electrons. The summed E-state index contributed by atoms with van der Waals surface area (Å²) in [5.41, 5.74) is 4.23. The quantitative estimate of drug-likeness (QED) is 0.497. The standard InChI is InChI=1S/C24H22N6OS/c1-2-6-16(7-3-1)18-12-20-22(26-15-19-9-5-11-31-19)30-24(32-23(20)27-14-18)28-21(29-30)17-8-4-10-25-13-17/h1-4,6-8,10,12-14,19,22,26H,5,9,11,15H2. The van der Waals surface area contributed by atoms with Gasteiger partial charge >= 0.3 is 0 Å². The van der Waals surface area contributed by atoms with Crippen molar-refractivity contribution in [3.8, 4) is 22.5 Å². The first-order valence-electron chi connectivity index (χ1n) is 10.8. The van der Waals surface area contributed by atoms with Gasteiger partial charge in [0.15, 0.2) is 11.0 Å². The van der Waals surface area contributed by atoms with Crippen LogP contribution in [0.15, 0.2) is 77.3 Å². The third kappa shape index (κ3) is 3.70. The van der Waals surface area contributed by atoms with Crippen molar-refractivity contribution in [1.82, 2.24) is 30.0 Å². The molecule has 0 spiro atoms. The summed E-state index contributed by atoms with van der Waals surface area (Å²) in [5.74, 6) is 0.667. The molecular weight excluding hydrogens is 420 g/mol. The topological polar surface area (TPSA) is 77.8 Å². The molecule has 2 aliphatic rings. The Balaban J connectivity index is 1.40. The van der Waals surface area contributed by atoms with Gasteiger partial charge in [-0.1, -0.05) is 30.3 Å². The van der Waals surface area contributed by atoms with Gasteiger partial charge in [0, 0.05) is 48.4 Å². The van der Waals surface area contributed by atoms with Gasteiger partial charge in [-0.25, -0.2) is 14.6 Å². The lowest BCUT2D eigenvalue weighted by Crippen LogP contribution is -2.36. The summed E-state index contributed by atoms with van der Waals surface area (Å²) in [6, 6.07) is 16.4. The monoisotopic (exact) mass is 442 g/mol. The number of aromatic nitrogens is 5. The third-order valence-corrected chi connectivity index (χ3v) is 6.79. The van der Waals surface area contributed by atoms with E-state index in [-0.39, 0.29) is 12.3 Å². The molecule has 0 aliphatic carbocycles. The van der Waals surface area contributed by atoms with Crippen molar-refractivity contribution in [1.29, 1.82) is 0 Å². The van der Waals surface area contributed by atoms with Gasteiger partial charge in [-0.2, -0.15) is 0 Å². The predicted octanol–water partition coefficient (Wildman–Crippen LogP) is 4.18. The van der Waals surface area contributed by atoms with Crippen LogP contribution in [-0.4, -0.2) is 44.0 Å². The van der Waals surface area contributed by atoms with E-state index in [9.17, 15) is 0 Å². The zero-order chi connectivity index (χ0) is 21.3. The van der Waals surface area contributed by atoms with Crippen LogP contribution in [0.1, 0.15) is 24.6 Å². The number of pyridine rings is 2. The molecule has 0 radical (unpaired) electrons. The second kappa shape index (κ2) is 8.46. The molecule has 1 fully saturated rings. The van der Waals surface area contributed by atoms with Crippen molar-refractivity contribution in [3.63, 3.8) is 0 Å². The van der Waals surface area contributed by atoms with E-state index in [0.29, 0.717) is 5.82 Å². The lowest BCUT2D eigenvalue weighted by Gasteiger charge is -2.27. The number of fused-ring (bicyclic) bond motifs is 2. The Labute approximate surface area is 190 Å². The predicted molar refractivity (Wildman–Crippen MR) is 122 cm³/mol. The van der Waals surface area contributed by atoms with E-state index >= 15 is 0 Å². The van der Waals surface area contributed by atoms with Crippen LogP contribution in [0.3, 0.4) is 0 Å². The highest BCUT2D eigenvalue weighted by atomic mass is 32.2. The third-order valence-electron chi connectivity index (χ3n) is 5.80. The number of nitrogens with one attached hydrogen (secondary N) is 1. The molecule has 1 aromatic carbocycles. The van der Waals surface area contributed by atoms with Crippen LogP contribution in [0.25, 0.3) is 22.5 Å². The van der Waals surface area contributed by atoms with Crippen LogP contribution in [-0.2, 0) is 4.74 Å². The summed E-state index contributed by atoms with van der Waals surface area (Å²) in [6.45, 7) is 1.59. The summed E-state index contributed by atoms with van der Waals surface area (Å²) in [5, 5.41) is 10.3. The van der Waals surface area contributed by atoms with E-state index < -0.39 is 0 Å². The van der Waals surface area contributed by atoms with Crippen molar-refractivity contribution >= 4 is 11.8 Å². The normalized spacial score (nSPS) is 19.5. The van der Waals surface area contributed by atoms with Crippen LogP contribution in [0.4, 0.5) is 0 Å². The van der Waals surface area contributed by atoms with Gasteiger partial charge in [0.05, 0.1) is 6.10 Å². The summed E-state index contributed by atoms with van der Waals surface area (Å²) >= 11 is 1.55. The number of rotatable bonds is 5. The molecule has 32 heavy (non-hydrogen) atoms. The minimum Gasteiger partial charge on any atom is -0.377 e. The maximum atomic E-state index is 5.85. The zero-order valence-corrected chi connectivity index (χ0v) is 18.2. The summed E-state index contributed by atoms with van der Waals surface area (Å²) in [4.78, 5) is 13.8. The van der Waals surface area contributed by atoms with Gasteiger partial charge in [0.25, 0.3) is 0 Å². The van der Waals surface area contributed by atoms with E-state index in [0.717, 1.165) is 58.4 Å². The Morgan fingerprint density at radius 1 is 1.06 bits per heavy atom. The molecule has 4 aromatic rings. The maximum absolute atomic E-state index is 5.85. The Hall–Kier alpha value is -3.07. The Morgan fingerprint density at radius 3 is 2.78 bits per heavy atom. The van der Waals surface area contributed by atoms with Crippen molar-refractivity contribution in [2.24, 2.45) is 0 Å². The number of benzene rings is 1.